The van der Waals surface area contributed by atoms with Crippen LogP contribution in [0.1, 0.15) is 22.8 Å². The van der Waals surface area contributed by atoms with E-state index in [0.29, 0.717) is 12.2 Å². The number of rotatable bonds is 6. The Morgan fingerprint density at radius 2 is 1.83 bits per heavy atom. The van der Waals surface area contributed by atoms with Crippen molar-refractivity contribution < 1.29 is 9.53 Å². The zero-order valence-corrected chi connectivity index (χ0v) is 14.8. The van der Waals surface area contributed by atoms with Gasteiger partial charge >= 0.3 is 5.97 Å². The minimum absolute atomic E-state index is 0.284. The first kappa shape index (κ1) is 16.7. The van der Waals surface area contributed by atoms with Crippen LogP contribution in [0.4, 0.5) is 0 Å². The molecule has 0 saturated carbocycles. The second-order valence-corrected chi connectivity index (χ2v) is 7.15. The van der Waals surface area contributed by atoms with Gasteiger partial charge in [0.05, 0.1) is 12.2 Å². The second kappa shape index (κ2) is 8.08. The van der Waals surface area contributed by atoms with Crippen LogP contribution in [0.3, 0.4) is 0 Å². The molecule has 24 heavy (non-hydrogen) atoms. The number of thioether (sulfide) groups is 1. The topological polar surface area (TPSA) is 52.1 Å². The lowest BCUT2D eigenvalue weighted by Crippen LogP contribution is -2.04. The Morgan fingerprint density at radius 3 is 2.54 bits per heavy atom. The summed E-state index contributed by atoms with van der Waals surface area (Å²) >= 11 is 3.23. The highest BCUT2D eigenvalue weighted by molar-refractivity contribution is 8.00. The van der Waals surface area contributed by atoms with Crippen LogP contribution >= 0.6 is 23.1 Å². The molecule has 4 nitrogen and oxygen atoms in total. The number of benzene rings is 2. The van der Waals surface area contributed by atoms with Crippen LogP contribution in [-0.4, -0.2) is 22.8 Å². The lowest BCUT2D eigenvalue weighted by Gasteiger charge is -2.03. The van der Waals surface area contributed by atoms with Gasteiger partial charge in [0.25, 0.3) is 0 Å². The quantitative estimate of drug-likeness (QED) is 0.474. The number of hydrogen-bond donors (Lipinski definition) is 0. The van der Waals surface area contributed by atoms with Gasteiger partial charge in [-0.05, 0) is 24.6 Å². The van der Waals surface area contributed by atoms with E-state index >= 15 is 0 Å². The standard InChI is InChI=1S/C18H16N2O2S2/c1-2-22-17(21)15-10-8-13(9-11-15)12-23-18-20-19-16(24-18)14-6-4-3-5-7-14/h3-11H,2,12H2,1H3. The van der Waals surface area contributed by atoms with E-state index in [0.717, 1.165) is 26.2 Å². The molecule has 3 aromatic rings. The first-order valence-corrected chi connectivity index (χ1v) is 9.34. The van der Waals surface area contributed by atoms with Crippen molar-refractivity contribution in [2.45, 2.75) is 17.0 Å². The van der Waals surface area contributed by atoms with E-state index in [9.17, 15) is 4.79 Å². The smallest absolute Gasteiger partial charge is 0.338 e. The summed E-state index contributed by atoms with van der Waals surface area (Å²) in [5.74, 6) is 0.500. The van der Waals surface area contributed by atoms with Crippen LogP contribution in [-0.2, 0) is 10.5 Å². The van der Waals surface area contributed by atoms with Crippen molar-refractivity contribution in [2.75, 3.05) is 6.61 Å². The molecule has 6 heteroatoms. The van der Waals surface area contributed by atoms with E-state index in [1.807, 2.05) is 42.5 Å². The average molecular weight is 356 g/mol. The molecule has 0 bridgehead atoms. The molecule has 0 atom stereocenters. The number of nitrogens with zero attached hydrogens (tertiary/aromatic N) is 2. The highest BCUT2D eigenvalue weighted by Crippen LogP contribution is 2.31. The molecule has 0 saturated heterocycles. The van der Waals surface area contributed by atoms with Gasteiger partial charge in [-0.1, -0.05) is 65.6 Å². The summed E-state index contributed by atoms with van der Waals surface area (Å²) in [7, 11) is 0. The Labute approximate surface area is 148 Å². The summed E-state index contributed by atoms with van der Waals surface area (Å²) in [5.41, 5.74) is 2.79. The predicted octanol–water partition coefficient (Wildman–Crippen LogP) is 4.67. The maximum absolute atomic E-state index is 11.6. The Bertz CT molecular complexity index is 801. The van der Waals surface area contributed by atoms with Gasteiger partial charge in [0.15, 0.2) is 4.34 Å². The van der Waals surface area contributed by atoms with Crippen LogP contribution in [0.25, 0.3) is 10.6 Å². The van der Waals surface area contributed by atoms with Crippen molar-refractivity contribution in [1.82, 2.24) is 10.2 Å². The third-order valence-electron chi connectivity index (χ3n) is 3.25. The number of ether oxygens (including phenoxy) is 1. The van der Waals surface area contributed by atoms with Crippen molar-refractivity contribution in [2.24, 2.45) is 0 Å². The molecule has 0 amide bonds. The number of carbonyl (C=O) groups is 1. The summed E-state index contributed by atoms with van der Waals surface area (Å²) in [6.07, 6.45) is 0. The average Bonchev–Trinajstić information content (AvgIpc) is 3.10. The Balaban J connectivity index is 1.60. The zero-order valence-electron chi connectivity index (χ0n) is 13.1. The molecule has 0 N–H and O–H groups in total. The van der Waals surface area contributed by atoms with Gasteiger partial charge in [-0.25, -0.2) is 4.79 Å². The Kier molecular flexibility index (Phi) is 5.61. The van der Waals surface area contributed by atoms with Gasteiger partial charge in [-0.2, -0.15) is 0 Å². The fraction of sp³-hybridized carbons (Fsp3) is 0.167. The third-order valence-corrected chi connectivity index (χ3v) is 5.43. The van der Waals surface area contributed by atoms with Crippen molar-refractivity contribution in [1.29, 1.82) is 0 Å². The number of hydrogen-bond acceptors (Lipinski definition) is 6. The SMILES string of the molecule is CCOC(=O)c1ccc(CSc2nnc(-c3ccccc3)s2)cc1. The number of aromatic nitrogens is 2. The molecule has 0 unspecified atom stereocenters. The van der Waals surface area contributed by atoms with E-state index < -0.39 is 0 Å². The summed E-state index contributed by atoms with van der Waals surface area (Å²) < 4.78 is 5.91. The van der Waals surface area contributed by atoms with Gasteiger partial charge in [0.2, 0.25) is 0 Å². The van der Waals surface area contributed by atoms with Gasteiger partial charge in [-0.15, -0.1) is 10.2 Å². The van der Waals surface area contributed by atoms with E-state index in [2.05, 4.69) is 10.2 Å². The van der Waals surface area contributed by atoms with Crippen LogP contribution in [0, 0.1) is 0 Å². The fourth-order valence-electron chi connectivity index (χ4n) is 2.06. The molecule has 122 valence electrons. The Morgan fingerprint density at radius 1 is 1.08 bits per heavy atom. The lowest BCUT2D eigenvalue weighted by molar-refractivity contribution is 0.0526. The maximum atomic E-state index is 11.6. The van der Waals surface area contributed by atoms with E-state index in [4.69, 9.17) is 4.74 Å². The van der Waals surface area contributed by atoms with Gasteiger partial charge in [0, 0.05) is 11.3 Å². The molecular formula is C18H16N2O2S2. The predicted molar refractivity (Wildman–Crippen MR) is 97.3 cm³/mol. The van der Waals surface area contributed by atoms with Crippen molar-refractivity contribution in [3.8, 4) is 10.6 Å². The minimum atomic E-state index is -0.284. The first-order chi connectivity index (χ1) is 11.8. The summed E-state index contributed by atoms with van der Waals surface area (Å²) in [6.45, 7) is 2.19. The molecular weight excluding hydrogens is 340 g/mol. The van der Waals surface area contributed by atoms with E-state index in [-0.39, 0.29) is 5.97 Å². The molecule has 1 heterocycles. The van der Waals surface area contributed by atoms with Crippen LogP contribution < -0.4 is 0 Å². The first-order valence-electron chi connectivity index (χ1n) is 7.54. The normalized spacial score (nSPS) is 10.5. The minimum Gasteiger partial charge on any atom is -0.462 e. The van der Waals surface area contributed by atoms with E-state index in [1.54, 1.807) is 42.2 Å². The third kappa shape index (κ3) is 4.21. The molecule has 2 aromatic carbocycles. The zero-order chi connectivity index (χ0) is 16.8. The molecule has 0 fully saturated rings. The molecule has 0 spiro atoms. The molecule has 3 rings (SSSR count). The maximum Gasteiger partial charge on any atom is 0.338 e. The van der Waals surface area contributed by atoms with Crippen molar-refractivity contribution in [3.05, 3.63) is 65.7 Å². The molecule has 0 aliphatic rings. The van der Waals surface area contributed by atoms with Crippen LogP contribution in [0.5, 0.6) is 0 Å². The number of esters is 1. The summed E-state index contributed by atoms with van der Waals surface area (Å²) in [5, 5.41) is 9.40. The van der Waals surface area contributed by atoms with Crippen LogP contribution in [0.15, 0.2) is 58.9 Å². The Hall–Kier alpha value is -2.18. The highest BCUT2D eigenvalue weighted by Gasteiger charge is 2.08. The highest BCUT2D eigenvalue weighted by atomic mass is 32.2. The summed E-state index contributed by atoms with van der Waals surface area (Å²) in [6, 6.07) is 17.5. The number of carbonyl (C=O) groups excluding carboxylic acids is 1. The molecule has 1 aromatic heterocycles. The van der Waals surface area contributed by atoms with Crippen molar-refractivity contribution in [3.63, 3.8) is 0 Å². The van der Waals surface area contributed by atoms with Crippen LogP contribution in [0.2, 0.25) is 0 Å². The largest absolute Gasteiger partial charge is 0.462 e. The molecule has 0 aliphatic carbocycles. The van der Waals surface area contributed by atoms with Gasteiger partial charge in [0.1, 0.15) is 5.01 Å². The van der Waals surface area contributed by atoms with Gasteiger partial charge in [-0.3, -0.25) is 0 Å². The fourth-order valence-corrected chi connectivity index (χ4v) is 3.88. The summed E-state index contributed by atoms with van der Waals surface area (Å²) in [4.78, 5) is 11.6. The lowest BCUT2D eigenvalue weighted by atomic mass is 10.1. The van der Waals surface area contributed by atoms with Crippen molar-refractivity contribution >= 4 is 29.1 Å². The van der Waals surface area contributed by atoms with E-state index in [1.165, 1.54) is 0 Å². The monoisotopic (exact) mass is 356 g/mol. The molecule has 0 aliphatic heterocycles. The second-order valence-electron chi connectivity index (χ2n) is 4.95. The van der Waals surface area contributed by atoms with Gasteiger partial charge < -0.3 is 4.74 Å². The molecule has 0 radical (unpaired) electrons.